The third kappa shape index (κ3) is 3.85. The summed E-state index contributed by atoms with van der Waals surface area (Å²) in [6.07, 6.45) is 0. The lowest BCUT2D eigenvalue weighted by molar-refractivity contribution is -0.140. The molecular weight excluding hydrogens is 332 g/mol. The van der Waals surface area contributed by atoms with E-state index < -0.39 is 18.0 Å². The van der Waals surface area contributed by atoms with E-state index in [0.717, 1.165) is 11.1 Å². The third-order valence-electron chi connectivity index (χ3n) is 4.21. The van der Waals surface area contributed by atoms with Crippen LogP contribution in [-0.2, 0) is 16.1 Å². The Kier molecular flexibility index (Phi) is 4.93. The lowest BCUT2D eigenvalue weighted by Crippen LogP contribution is -2.45. The fourth-order valence-corrected chi connectivity index (χ4v) is 2.79. The van der Waals surface area contributed by atoms with Gasteiger partial charge in [-0.2, -0.15) is 0 Å². The van der Waals surface area contributed by atoms with Gasteiger partial charge in [-0.3, -0.25) is 0 Å². The Morgan fingerprint density at radius 3 is 2.38 bits per heavy atom. The molecule has 0 saturated carbocycles. The van der Waals surface area contributed by atoms with Crippen LogP contribution in [-0.4, -0.2) is 17.1 Å². The summed E-state index contributed by atoms with van der Waals surface area (Å²) in [7, 11) is 0. The number of nitrogens with one attached hydrogen (secondary N) is 2. The van der Waals surface area contributed by atoms with E-state index in [4.69, 9.17) is 4.74 Å². The number of allylic oxidation sites excluding steroid dienone is 1. The lowest BCUT2D eigenvalue weighted by Gasteiger charge is -2.28. The van der Waals surface area contributed by atoms with Gasteiger partial charge in [-0.05, 0) is 37.1 Å². The Bertz CT molecular complexity index is 854. The van der Waals surface area contributed by atoms with Crippen molar-refractivity contribution >= 4 is 12.0 Å². The fourth-order valence-electron chi connectivity index (χ4n) is 2.79. The van der Waals surface area contributed by atoms with Crippen molar-refractivity contribution in [3.05, 3.63) is 76.5 Å². The summed E-state index contributed by atoms with van der Waals surface area (Å²) in [5.74, 6) is -0.396. The normalized spacial score (nSPS) is 16.7. The second-order valence-corrected chi connectivity index (χ2v) is 6.22. The van der Waals surface area contributed by atoms with Gasteiger partial charge in [0.25, 0.3) is 0 Å². The first-order valence-corrected chi connectivity index (χ1v) is 8.24. The molecule has 3 N–H and O–H groups in total. The molecule has 0 fully saturated rings. The molecular formula is C20H20N2O4. The van der Waals surface area contributed by atoms with E-state index in [0.29, 0.717) is 16.8 Å². The first kappa shape index (κ1) is 17.5. The summed E-state index contributed by atoms with van der Waals surface area (Å²) in [5.41, 5.74) is 3.48. The summed E-state index contributed by atoms with van der Waals surface area (Å²) in [4.78, 5) is 24.5. The van der Waals surface area contributed by atoms with Gasteiger partial charge in [0.2, 0.25) is 0 Å². The number of aromatic hydroxyl groups is 1. The molecule has 1 aliphatic rings. The molecule has 0 saturated heterocycles. The van der Waals surface area contributed by atoms with Crippen LogP contribution in [0.2, 0.25) is 0 Å². The highest BCUT2D eigenvalue weighted by atomic mass is 16.5. The molecule has 0 radical (unpaired) electrons. The van der Waals surface area contributed by atoms with Crippen molar-refractivity contribution in [1.82, 2.24) is 10.6 Å². The Hall–Kier alpha value is -3.28. The number of carbonyl (C=O) groups excluding carboxylic acids is 2. The van der Waals surface area contributed by atoms with E-state index in [2.05, 4.69) is 10.6 Å². The SMILES string of the molecule is CC1=C(C(=O)OCc2ccc(C)cc2)[C@@H](c2ccc(O)cc2)NC(=O)N1. The molecule has 6 heteroatoms. The van der Waals surface area contributed by atoms with Gasteiger partial charge in [0.1, 0.15) is 12.4 Å². The van der Waals surface area contributed by atoms with Crippen LogP contribution < -0.4 is 10.6 Å². The van der Waals surface area contributed by atoms with E-state index in [9.17, 15) is 14.7 Å². The van der Waals surface area contributed by atoms with Gasteiger partial charge in [-0.25, -0.2) is 9.59 Å². The van der Waals surface area contributed by atoms with E-state index in [-0.39, 0.29) is 12.4 Å². The summed E-state index contributed by atoms with van der Waals surface area (Å²) < 4.78 is 5.45. The quantitative estimate of drug-likeness (QED) is 0.738. The molecule has 26 heavy (non-hydrogen) atoms. The first-order valence-electron chi connectivity index (χ1n) is 8.24. The van der Waals surface area contributed by atoms with Gasteiger partial charge >= 0.3 is 12.0 Å². The van der Waals surface area contributed by atoms with E-state index in [1.165, 1.54) is 12.1 Å². The molecule has 3 rings (SSSR count). The molecule has 1 aliphatic heterocycles. The van der Waals surface area contributed by atoms with Crippen molar-refractivity contribution in [2.45, 2.75) is 26.5 Å². The summed E-state index contributed by atoms with van der Waals surface area (Å²) in [6, 6.07) is 13.0. The predicted octanol–water partition coefficient (Wildman–Crippen LogP) is 3.07. The average molecular weight is 352 g/mol. The summed E-state index contributed by atoms with van der Waals surface area (Å²) in [6.45, 7) is 3.79. The monoisotopic (exact) mass is 352 g/mol. The Balaban J connectivity index is 1.82. The highest BCUT2D eigenvalue weighted by molar-refractivity contribution is 5.95. The molecule has 0 spiro atoms. The van der Waals surface area contributed by atoms with E-state index in [1.54, 1.807) is 19.1 Å². The molecule has 6 nitrogen and oxygen atoms in total. The maximum Gasteiger partial charge on any atom is 0.338 e. The van der Waals surface area contributed by atoms with Crippen LogP contribution in [0.25, 0.3) is 0 Å². The van der Waals surface area contributed by atoms with Crippen molar-refractivity contribution in [2.24, 2.45) is 0 Å². The van der Waals surface area contributed by atoms with Crippen molar-refractivity contribution in [3.8, 4) is 5.75 Å². The number of esters is 1. The van der Waals surface area contributed by atoms with Crippen LogP contribution >= 0.6 is 0 Å². The zero-order valence-corrected chi connectivity index (χ0v) is 14.6. The Labute approximate surface area is 151 Å². The first-order chi connectivity index (χ1) is 12.4. The van der Waals surface area contributed by atoms with Crippen LogP contribution in [0.1, 0.15) is 29.7 Å². The van der Waals surface area contributed by atoms with Gasteiger partial charge in [0, 0.05) is 5.70 Å². The second-order valence-electron chi connectivity index (χ2n) is 6.22. The predicted molar refractivity (Wildman–Crippen MR) is 96.2 cm³/mol. The van der Waals surface area contributed by atoms with Gasteiger partial charge < -0.3 is 20.5 Å². The molecule has 134 valence electrons. The number of rotatable bonds is 4. The average Bonchev–Trinajstić information content (AvgIpc) is 2.61. The smallest absolute Gasteiger partial charge is 0.338 e. The highest BCUT2D eigenvalue weighted by Gasteiger charge is 2.32. The topological polar surface area (TPSA) is 87.7 Å². The fraction of sp³-hybridized carbons (Fsp3) is 0.200. The standard InChI is InChI=1S/C20H20N2O4/c1-12-3-5-14(6-4-12)11-26-19(24)17-13(2)21-20(25)22-18(17)15-7-9-16(23)10-8-15/h3-10,18,23H,11H2,1-2H3,(H2,21,22,25)/t18-/m1/s1. The maximum absolute atomic E-state index is 12.7. The van der Waals surface area contributed by atoms with Crippen LogP contribution in [0.15, 0.2) is 59.8 Å². The van der Waals surface area contributed by atoms with Gasteiger partial charge in [0.05, 0.1) is 11.6 Å². The van der Waals surface area contributed by atoms with Crippen LogP contribution in [0.3, 0.4) is 0 Å². The maximum atomic E-state index is 12.7. The number of amides is 2. The number of ether oxygens (including phenoxy) is 1. The molecule has 0 unspecified atom stereocenters. The number of carbonyl (C=O) groups is 2. The summed E-state index contributed by atoms with van der Waals surface area (Å²) in [5, 5.41) is 14.8. The number of hydrogen-bond donors (Lipinski definition) is 3. The lowest BCUT2D eigenvalue weighted by atomic mass is 9.95. The number of phenols is 1. The molecule has 1 heterocycles. The van der Waals surface area contributed by atoms with Crippen molar-refractivity contribution < 1.29 is 19.4 Å². The Morgan fingerprint density at radius 2 is 1.73 bits per heavy atom. The highest BCUT2D eigenvalue weighted by Crippen LogP contribution is 2.28. The number of hydrogen-bond acceptors (Lipinski definition) is 4. The molecule has 1 atom stereocenters. The minimum Gasteiger partial charge on any atom is -0.508 e. The van der Waals surface area contributed by atoms with Crippen LogP contribution in [0.5, 0.6) is 5.75 Å². The van der Waals surface area contributed by atoms with E-state index >= 15 is 0 Å². The molecule has 2 aromatic carbocycles. The molecule has 0 aliphatic carbocycles. The number of urea groups is 1. The molecule has 2 aromatic rings. The Morgan fingerprint density at radius 1 is 1.08 bits per heavy atom. The minimum absolute atomic E-state index is 0.109. The number of phenolic OH excluding ortho intramolecular Hbond substituents is 1. The molecule has 0 aromatic heterocycles. The minimum atomic E-state index is -0.644. The van der Waals surface area contributed by atoms with Crippen molar-refractivity contribution in [3.63, 3.8) is 0 Å². The van der Waals surface area contributed by atoms with Crippen LogP contribution in [0, 0.1) is 6.92 Å². The summed E-state index contributed by atoms with van der Waals surface area (Å²) >= 11 is 0. The largest absolute Gasteiger partial charge is 0.508 e. The molecule has 0 bridgehead atoms. The van der Waals surface area contributed by atoms with Gasteiger partial charge in [0.15, 0.2) is 0 Å². The van der Waals surface area contributed by atoms with Gasteiger partial charge in [-0.1, -0.05) is 42.0 Å². The van der Waals surface area contributed by atoms with Gasteiger partial charge in [-0.15, -0.1) is 0 Å². The second kappa shape index (κ2) is 7.31. The van der Waals surface area contributed by atoms with E-state index in [1.807, 2.05) is 31.2 Å². The zero-order valence-electron chi connectivity index (χ0n) is 14.6. The van der Waals surface area contributed by atoms with Crippen LogP contribution in [0.4, 0.5) is 4.79 Å². The number of benzene rings is 2. The molecule has 2 amide bonds. The zero-order chi connectivity index (χ0) is 18.7. The number of aryl methyl sites for hydroxylation is 1. The van der Waals surface area contributed by atoms with Crippen molar-refractivity contribution in [2.75, 3.05) is 0 Å². The third-order valence-corrected chi connectivity index (χ3v) is 4.21. The van der Waals surface area contributed by atoms with Crippen molar-refractivity contribution in [1.29, 1.82) is 0 Å².